The summed E-state index contributed by atoms with van der Waals surface area (Å²) in [6.07, 6.45) is 18.3. The van der Waals surface area contributed by atoms with Gasteiger partial charge in [0.05, 0.1) is 26.0 Å². The fourth-order valence-corrected chi connectivity index (χ4v) is 5.81. The Morgan fingerprint density at radius 1 is 0.878 bits per heavy atom. The van der Waals surface area contributed by atoms with Gasteiger partial charge in [-0.1, -0.05) is 95.8 Å². The van der Waals surface area contributed by atoms with E-state index in [1.165, 1.54) is 81.1 Å². The monoisotopic (exact) mass is 646 g/mol. The molecule has 0 aliphatic carbocycles. The van der Waals surface area contributed by atoms with E-state index in [9.17, 15) is 4.79 Å². The highest BCUT2D eigenvalue weighted by molar-refractivity contribution is 8.93. The SMILES string of the molecule is Br.CCCCCCCCCCCCCCOc1cc(CC(=O)Nc2cccc(CN3C=C(C)SC3)c2)ccc1OC. The quantitative estimate of drug-likeness (QED) is 0.145. The molecule has 41 heavy (non-hydrogen) atoms. The maximum absolute atomic E-state index is 12.8. The van der Waals surface area contributed by atoms with Gasteiger partial charge < -0.3 is 19.7 Å². The molecule has 2 aromatic rings. The van der Waals surface area contributed by atoms with Crippen LogP contribution in [0.25, 0.3) is 0 Å². The average Bonchev–Trinajstić information content (AvgIpc) is 3.35. The Balaban J connectivity index is 0.00000588. The number of benzene rings is 2. The summed E-state index contributed by atoms with van der Waals surface area (Å²) in [5.41, 5.74) is 2.92. The maximum atomic E-state index is 12.8. The van der Waals surface area contributed by atoms with Crippen molar-refractivity contribution in [3.05, 3.63) is 64.7 Å². The highest BCUT2D eigenvalue weighted by atomic mass is 79.9. The molecule has 7 heteroatoms. The molecular weight excluding hydrogens is 596 g/mol. The number of halogens is 1. The minimum atomic E-state index is -0.0401. The Morgan fingerprint density at radius 2 is 1.56 bits per heavy atom. The van der Waals surface area contributed by atoms with Crippen LogP contribution < -0.4 is 14.8 Å². The Hall–Kier alpha value is -2.12. The van der Waals surface area contributed by atoms with Crippen LogP contribution in [0, 0.1) is 0 Å². The minimum absolute atomic E-state index is 0. The number of hydrogen-bond acceptors (Lipinski definition) is 5. The minimum Gasteiger partial charge on any atom is -0.493 e. The molecule has 3 rings (SSSR count). The van der Waals surface area contributed by atoms with Crippen molar-refractivity contribution in [3.63, 3.8) is 0 Å². The summed E-state index contributed by atoms with van der Waals surface area (Å²) in [5.74, 6) is 2.36. The number of nitrogens with one attached hydrogen (secondary N) is 1. The average molecular weight is 648 g/mol. The molecule has 0 unspecified atom stereocenters. The number of unbranched alkanes of at least 4 members (excludes halogenated alkanes) is 11. The second-order valence-electron chi connectivity index (χ2n) is 10.9. The molecule has 1 aliphatic heterocycles. The second kappa shape index (κ2) is 20.7. The van der Waals surface area contributed by atoms with Gasteiger partial charge >= 0.3 is 0 Å². The first kappa shape index (κ1) is 35.1. The van der Waals surface area contributed by atoms with Crippen LogP contribution in [0.15, 0.2) is 53.6 Å². The van der Waals surface area contributed by atoms with Gasteiger partial charge in [0.2, 0.25) is 5.91 Å². The van der Waals surface area contributed by atoms with E-state index in [2.05, 4.69) is 42.4 Å². The van der Waals surface area contributed by atoms with E-state index >= 15 is 0 Å². The van der Waals surface area contributed by atoms with Gasteiger partial charge in [0, 0.05) is 18.4 Å². The van der Waals surface area contributed by atoms with E-state index in [1.807, 2.05) is 42.1 Å². The lowest BCUT2D eigenvalue weighted by Crippen LogP contribution is -2.16. The zero-order chi connectivity index (χ0) is 28.4. The molecule has 0 spiro atoms. The number of allylic oxidation sites excluding steroid dienone is 1. The molecule has 228 valence electrons. The van der Waals surface area contributed by atoms with E-state index in [0.717, 1.165) is 30.1 Å². The van der Waals surface area contributed by atoms with Gasteiger partial charge in [-0.2, -0.15) is 0 Å². The standard InChI is InChI=1S/C34H50N2O3S.BrH/c1-4-5-6-7-8-9-10-11-12-13-14-15-21-39-33-23-29(19-20-32(33)38-3)24-34(37)35-31-18-16-17-30(22-31)26-36-25-28(2)40-27-36;/h16-20,22-23,25H,4-15,21,24,26-27H2,1-3H3,(H,35,37);1H. The van der Waals surface area contributed by atoms with Crippen molar-refractivity contribution in [2.45, 2.75) is 104 Å². The van der Waals surface area contributed by atoms with Crippen LogP contribution in [0.1, 0.15) is 102 Å². The van der Waals surface area contributed by atoms with Gasteiger partial charge in [0.1, 0.15) is 0 Å². The van der Waals surface area contributed by atoms with Crippen molar-refractivity contribution in [3.8, 4) is 11.5 Å². The number of rotatable bonds is 20. The smallest absolute Gasteiger partial charge is 0.228 e. The summed E-state index contributed by atoms with van der Waals surface area (Å²) in [6.45, 7) is 5.92. The van der Waals surface area contributed by atoms with Crippen LogP contribution in [-0.4, -0.2) is 30.4 Å². The molecule has 0 aromatic heterocycles. The van der Waals surface area contributed by atoms with Crippen molar-refractivity contribution in [1.29, 1.82) is 0 Å². The van der Waals surface area contributed by atoms with Gasteiger partial charge in [0.25, 0.3) is 0 Å². The first-order valence-electron chi connectivity index (χ1n) is 15.3. The summed E-state index contributed by atoms with van der Waals surface area (Å²) < 4.78 is 11.6. The van der Waals surface area contributed by atoms with Gasteiger partial charge in [0.15, 0.2) is 11.5 Å². The molecule has 2 aromatic carbocycles. The fourth-order valence-electron chi connectivity index (χ4n) is 5.05. The summed E-state index contributed by atoms with van der Waals surface area (Å²) in [7, 11) is 1.66. The predicted molar refractivity (Wildman–Crippen MR) is 180 cm³/mol. The number of anilines is 1. The lowest BCUT2D eigenvalue weighted by Gasteiger charge is -2.15. The van der Waals surface area contributed by atoms with E-state index in [-0.39, 0.29) is 29.3 Å². The number of carbonyl (C=O) groups excluding carboxylic acids is 1. The number of amides is 1. The molecule has 1 N–H and O–H groups in total. The van der Waals surface area contributed by atoms with Crippen LogP contribution >= 0.6 is 28.7 Å². The van der Waals surface area contributed by atoms with Gasteiger partial charge in [-0.05, 0) is 53.6 Å². The predicted octanol–water partition coefficient (Wildman–Crippen LogP) is 9.90. The number of methoxy groups -OCH3 is 1. The Labute approximate surface area is 263 Å². The first-order valence-corrected chi connectivity index (χ1v) is 16.3. The highest BCUT2D eigenvalue weighted by Gasteiger charge is 2.12. The molecule has 0 fully saturated rings. The molecule has 0 saturated heterocycles. The van der Waals surface area contributed by atoms with Crippen LogP contribution in [0.2, 0.25) is 0 Å². The van der Waals surface area contributed by atoms with Crippen LogP contribution in [-0.2, 0) is 17.8 Å². The lowest BCUT2D eigenvalue weighted by molar-refractivity contribution is -0.115. The number of thioether (sulfide) groups is 1. The third-order valence-electron chi connectivity index (χ3n) is 7.27. The summed E-state index contributed by atoms with van der Waals surface area (Å²) in [5, 5.41) is 3.06. The zero-order valence-corrected chi connectivity index (χ0v) is 28.0. The van der Waals surface area contributed by atoms with Crippen LogP contribution in [0.4, 0.5) is 5.69 Å². The Morgan fingerprint density at radius 3 is 2.20 bits per heavy atom. The number of hydrogen-bond donors (Lipinski definition) is 1. The van der Waals surface area contributed by atoms with Crippen molar-refractivity contribution < 1.29 is 14.3 Å². The van der Waals surface area contributed by atoms with Gasteiger partial charge in [-0.25, -0.2) is 0 Å². The van der Waals surface area contributed by atoms with E-state index in [0.29, 0.717) is 18.1 Å². The number of ether oxygens (including phenoxy) is 2. The summed E-state index contributed by atoms with van der Waals surface area (Å²) in [4.78, 5) is 16.4. The largest absolute Gasteiger partial charge is 0.493 e. The molecule has 1 heterocycles. The van der Waals surface area contributed by atoms with Crippen molar-refractivity contribution >= 4 is 40.3 Å². The third-order valence-corrected chi connectivity index (χ3v) is 8.29. The second-order valence-corrected chi connectivity index (χ2v) is 12.1. The van der Waals surface area contributed by atoms with Gasteiger partial charge in [-0.15, -0.1) is 28.7 Å². The molecule has 0 saturated carbocycles. The van der Waals surface area contributed by atoms with Crippen molar-refractivity contribution in [2.24, 2.45) is 0 Å². The van der Waals surface area contributed by atoms with Gasteiger partial charge in [-0.3, -0.25) is 4.79 Å². The maximum Gasteiger partial charge on any atom is 0.228 e. The molecule has 0 atom stereocenters. The van der Waals surface area contributed by atoms with Crippen LogP contribution in [0.5, 0.6) is 11.5 Å². The molecule has 5 nitrogen and oxygen atoms in total. The first-order chi connectivity index (χ1) is 19.6. The van der Waals surface area contributed by atoms with E-state index in [4.69, 9.17) is 9.47 Å². The Bertz CT molecular complexity index is 1060. The lowest BCUT2D eigenvalue weighted by atomic mass is 10.1. The van der Waals surface area contributed by atoms with Crippen LogP contribution in [0.3, 0.4) is 0 Å². The molecule has 0 radical (unpaired) electrons. The third kappa shape index (κ3) is 14.1. The number of nitrogens with zero attached hydrogens (tertiary/aromatic N) is 1. The fraction of sp³-hybridized carbons (Fsp3) is 0.559. The summed E-state index contributed by atoms with van der Waals surface area (Å²) >= 11 is 1.86. The molecular formula is C34H51BrN2O3S. The van der Waals surface area contributed by atoms with Crippen molar-refractivity contribution in [2.75, 3.05) is 24.9 Å². The molecule has 1 aliphatic rings. The zero-order valence-electron chi connectivity index (χ0n) is 25.4. The summed E-state index contributed by atoms with van der Waals surface area (Å²) in [6, 6.07) is 13.9. The molecule has 0 bridgehead atoms. The Kier molecular flexibility index (Phi) is 17.7. The van der Waals surface area contributed by atoms with E-state index < -0.39 is 0 Å². The highest BCUT2D eigenvalue weighted by Crippen LogP contribution is 2.29. The van der Waals surface area contributed by atoms with Crippen molar-refractivity contribution in [1.82, 2.24) is 4.90 Å². The number of carbonyl (C=O) groups is 1. The normalized spacial score (nSPS) is 12.6. The van der Waals surface area contributed by atoms with E-state index in [1.54, 1.807) is 7.11 Å². The molecule has 1 amide bonds. The topological polar surface area (TPSA) is 50.8 Å².